The van der Waals surface area contributed by atoms with Gasteiger partial charge < -0.3 is 15.4 Å². The van der Waals surface area contributed by atoms with Gasteiger partial charge in [-0.3, -0.25) is 4.79 Å². The third kappa shape index (κ3) is 2.86. The molecule has 2 aliphatic carbocycles. The average molecular weight is 282 g/mol. The third-order valence-corrected chi connectivity index (χ3v) is 5.47. The van der Waals surface area contributed by atoms with Crippen LogP contribution in [0.1, 0.15) is 46.0 Å². The van der Waals surface area contributed by atoms with Crippen LogP contribution in [0, 0.1) is 17.8 Å². The van der Waals surface area contributed by atoms with Crippen molar-refractivity contribution in [3.05, 3.63) is 0 Å². The number of ether oxygens (including phenoxy) is 1. The summed E-state index contributed by atoms with van der Waals surface area (Å²) in [5, 5.41) is 0. The summed E-state index contributed by atoms with van der Waals surface area (Å²) in [4.78, 5) is 15.1. The summed E-state index contributed by atoms with van der Waals surface area (Å²) in [6.45, 7) is 5.62. The van der Waals surface area contributed by atoms with E-state index in [1.54, 1.807) is 7.11 Å². The summed E-state index contributed by atoms with van der Waals surface area (Å²) in [6.07, 6.45) is 5.58. The Morgan fingerprint density at radius 2 is 1.95 bits per heavy atom. The largest absolute Gasteiger partial charge is 0.383 e. The van der Waals surface area contributed by atoms with Gasteiger partial charge in [0, 0.05) is 25.7 Å². The standard InChI is InChI=1S/C16H30N2O2/c1-4-13(5-2)18(8-9-20-3)16(19)14-11-6-7-12(10-11)15(14)17/h11-15H,4-10,17H2,1-3H3. The maximum absolute atomic E-state index is 13.0. The highest BCUT2D eigenvalue weighted by molar-refractivity contribution is 5.81. The van der Waals surface area contributed by atoms with Gasteiger partial charge >= 0.3 is 0 Å². The molecule has 0 aromatic heterocycles. The van der Waals surface area contributed by atoms with E-state index in [0.717, 1.165) is 12.8 Å². The van der Waals surface area contributed by atoms with E-state index < -0.39 is 0 Å². The number of hydrogen-bond acceptors (Lipinski definition) is 3. The van der Waals surface area contributed by atoms with Crippen molar-refractivity contribution in [3.63, 3.8) is 0 Å². The SMILES string of the molecule is CCC(CC)N(CCOC)C(=O)C1C2CCC(C2)C1N. The molecule has 0 heterocycles. The van der Waals surface area contributed by atoms with Crippen LogP contribution in [0.4, 0.5) is 0 Å². The van der Waals surface area contributed by atoms with Crippen LogP contribution >= 0.6 is 0 Å². The maximum atomic E-state index is 13.0. The number of methoxy groups -OCH3 is 1. The topological polar surface area (TPSA) is 55.6 Å². The predicted octanol–water partition coefficient (Wildman–Crippen LogP) is 2.02. The molecule has 4 nitrogen and oxygen atoms in total. The van der Waals surface area contributed by atoms with Gasteiger partial charge in [-0.05, 0) is 43.9 Å². The molecule has 2 rings (SSSR count). The minimum atomic E-state index is 0.0613. The Morgan fingerprint density at radius 3 is 2.45 bits per heavy atom. The molecule has 4 atom stereocenters. The molecule has 0 spiro atoms. The Morgan fingerprint density at radius 1 is 1.30 bits per heavy atom. The number of nitrogens with zero attached hydrogens (tertiary/aromatic N) is 1. The van der Waals surface area contributed by atoms with E-state index in [1.807, 2.05) is 0 Å². The van der Waals surface area contributed by atoms with Crippen molar-refractivity contribution >= 4 is 5.91 Å². The molecule has 0 aromatic carbocycles. The van der Waals surface area contributed by atoms with Crippen LogP contribution < -0.4 is 5.73 Å². The van der Waals surface area contributed by atoms with Crippen molar-refractivity contribution in [3.8, 4) is 0 Å². The molecule has 2 fully saturated rings. The van der Waals surface area contributed by atoms with Gasteiger partial charge in [-0.25, -0.2) is 0 Å². The summed E-state index contributed by atoms with van der Waals surface area (Å²) in [6, 6.07) is 0.407. The second kappa shape index (κ2) is 6.90. The van der Waals surface area contributed by atoms with Gasteiger partial charge in [-0.15, -0.1) is 0 Å². The van der Waals surface area contributed by atoms with Gasteiger partial charge in [0.05, 0.1) is 12.5 Å². The highest BCUT2D eigenvalue weighted by Crippen LogP contribution is 2.48. The lowest BCUT2D eigenvalue weighted by Gasteiger charge is -2.36. The van der Waals surface area contributed by atoms with Crippen LogP contribution in [-0.2, 0) is 9.53 Å². The Kier molecular flexibility index (Phi) is 5.44. The van der Waals surface area contributed by atoms with Gasteiger partial charge in [0.2, 0.25) is 5.91 Å². The van der Waals surface area contributed by atoms with Crippen LogP contribution in [-0.4, -0.2) is 43.2 Å². The van der Waals surface area contributed by atoms with E-state index >= 15 is 0 Å². The summed E-state index contributed by atoms with van der Waals surface area (Å²) in [5.74, 6) is 1.46. The number of nitrogens with two attached hydrogens (primary N) is 1. The predicted molar refractivity (Wildman–Crippen MR) is 80.3 cm³/mol. The van der Waals surface area contributed by atoms with E-state index in [4.69, 9.17) is 10.5 Å². The molecule has 20 heavy (non-hydrogen) atoms. The molecule has 2 bridgehead atoms. The van der Waals surface area contributed by atoms with Crippen molar-refractivity contribution in [1.29, 1.82) is 0 Å². The molecule has 2 aliphatic rings. The zero-order chi connectivity index (χ0) is 14.7. The molecule has 2 saturated carbocycles. The number of amides is 1. The summed E-state index contributed by atoms with van der Waals surface area (Å²) < 4.78 is 5.19. The lowest BCUT2D eigenvalue weighted by molar-refractivity contribution is -0.141. The van der Waals surface area contributed by atoms with Crippen LogP contribution in [0.25, 0.3) is 0 Å². The quantitative estimate of drug-likeness (QED) is 0.777. The summed E-state index contributed by atoms with van der Waals surface area (Å²) in [5.41, 5.74) is 6.34. The first kappa shape index (κ1) is 15.8. The van der Waals surface area contributed by atoms with E-state index in [9.17, 15) is 4.79 Å². The molecule has 0 aromatic rings. The molecule has 0 saturated heterocycles. The first-order valence-electron chi connectivity index (χ1n) is 8.18. The molecule has 2 N–H and O–H groups in total. The lowest BCUT2D eigenvalue weighted by atomic mass is 9.83. The first-order valence-corrected chi connectivity index (χ1v) is 8.18. The molecule has 0 aliphatic heterocycles. The van der Waals surface area contributed by atoms with Crippen molar-refractivity contribution in [2.45, 2.75) is 58.0 Å². The molecule has 4 heteroatoms. The summed E-state index contributed by atoms with van der Waals surface area (Å²) >= 11 is 0. The van der Waals surface area contributed by atoms with Gasteiger partial charge in [0.1, 0.15) is 0 Å². The highest BCUT2D eigenvalue weighted by Gasteiger charge is 2.50. The number of fused-ring (bicyclic) bond motifs is 2. The Bertz CT molecular complexity index is 328. The van der Waals surface area contributed by atoms with E-state index in [2.05, 4.69) is 18.7 Å². The van der Waals surface area contributed by atoms with Crippen molar-refractivity contribution in [1.82, 2.24) is 4.90 Å². The summed E-state index contributed by atoms with van der Waals surface area (Å²) in [7, 11) is 1.69. The van der Waals surface area contributed by atoms with Crippen LogP contribution in [0.2, 0.25) is 0 Å². The second-order valence-corrected chi connectivity index (χ2v) is 6.43. The minimum Gasteiger partial charge on any atom is -0.383 e. The van der Waals surface area contributed by atoms with E-state index in [-0.39, 0.29) is 17.9 Å². The monoisotopic (exact) mass is 282 g/mol. The zero-order valence-electron chi connectivity index (χ0n) is 13.2. The average Bonchev–Trinajstić information content (AvgIpc) is 3.03. The number of carbonyl (C=O) groups is 1. The van der Waals surface area contributed by atoms with Gasteiger partial charge in [-0.1, -0.05) is 13.8 Å². The number of carbonyl (C=O) groups excluding carboxylic acids is 1. The normalized spacial score (nSPS) is 32.0. The van der Waals surface area contributed by atoms with Crippen LogP contribution in [0.3, 0.4) is 0 Å². The first-order chi connectivity index (χ1) is 9.63. The Balaban J connectivity index is 2.09. The highest BCUT2D eigenvalue weighted by atomic mass is 16.5. The molecular weight excluding hydrogens is 252 g/mol. The van der Waals surface area contributed by atoms with Crippen LogP contribution in [0.15, 0.2) is 0 Å². The molecule has 4 unspecified atom stereocenters. The van der Waals surface area contributed by atoms with Crippen molar-refractivity contribution < 1.29 is 9.53 Å². The molecule has 116 valence electrons. The van der Waals surface area contributed by atoms with Gasteiger partial charge in [0.15, 0.2) is 0 Å². The smallest absolute Gasteiger partial charge is 0.227 e. The zero-order valence-corrected chi connectivity index (χ0v) is 13.2. The lowest BCUT2D eigenvalue weighted by Crippen LogP contribution is -2.51. The molecule has 0 radical (unpaired) electrons. The van der Waals surface area contributed by atoms with E-state index in [1.165, 1.54) is 19.3 Å². The van der Waals surface area contributed by atoms with Gasteiger partial charge in [0.25, 0.3) is 0 Å². The maximum Gasteiger partial charge on any atom is 0.227 e. The van der Waals surface area contributed by atoms with E-state index in [0.29, 0.717) is 31.0 Å². The van der Waals surface area contributed by atoms with Crippen molar-refractivity contribution in [2.24, 2.45) is 23.5 Å². The Labute approximate surface area is 123 Å². The fourth-order valence-electron chi connectivity index (χ4n) is 4.29. The fourth-order valence-corrected chi connectivity index (χ4v) is 4.29. The fraction of sp³-hybridized carbons (Fsp3) is 0.938. The minimum absolute atomic E-state index is 0.0613. The molecule has 1 amide bonds. The third-order valence-electron chi connectivity index (χ3n) is 5.47. The number of rotatable bonds is 7. The second-order valence-electron chi connectivity index (χ2n) is 6.43. The number of hydrogen-bond donors (Lipinski definition) is 1. The van der Waals surface area contributed by atoms with Crippen LogP contribution in [0.5, 0.6) is 0 Å². The van der Waals surface area contributed by atoms with Gasteiger partial charge in [-0.2, -0.15) is 0 Å². The Hall–Kier alpha value is -0.610. The van der Waals surface area contributed by atoms with Crippen molar-refractivity contribution in [2.75, 3.05) is 20.3 Å². The molecular formula is C16H30N2O2.